The highest BCUT2D eigenvalue weighted by molar-refractivity contribution is 7.89. The van der Waals surface area contributed by atoms with E-state index in [0.717, 1.165) is 31.5 Å². The maximum Gasteiger partial charge on any atom is 0.274 e. The number of piperidine rings is 1. The molecule has 4 N–H and O–H groups in total. The lowest BCUT2D eigenvalue weighted by atomic mass is 10.0. The van der Waals surface area contributed by atoms with Gasteiger partial charge in [0.15, 0.2) is 0 Å². The molecule has 24 heavy (non-hydrogen) atoms. The first-order chi connectivity index (χ1) is 10.7. The second-order valence-corrected chi connectivity index (χ2v) is 7.00. The lowest BCUT2D eigenvalue weighted by Gasteiger charge is -2.24. The molecular weight excluding hydrogens is 360 g/mol. The Balaban J connectivity index is 0.00000288. The summed E-state index contributed by atoms with van der Waals surface area (Å²) < 4.78 is 23.0. The summed E-state index contributed by atoms with van der Waals surface area (Å²) in [5.74, 6) is -0.551. The molecule has 0 unspecified atom stereocenters. The lowest BCUT2D eigenvalue weighted by molar-refractivity contribution is -0.385. The van der Waals surface area contributed by atoms with Gasteiger partial charge in [-0.2, -0.15) is 0 Å². The van der Waals surface area contributed by atoms with Crippen molar-refractivity contribution in [3.63, 3.8) is 0 Å². The zero-order valence-corrected chi connectivity index (χ0v) is 14.6. The highest BCUT2D eigenvalue weighted by atomic mass is 35.5. The summed E-state index contributed by atoms with van der Waals surface area (Å²) in [7, 11) is -4.16. The number of nitrogens with one attached hydrogen (secondary N) is 2. The summed E-state index contributed by atoms with van der Waals surface area (Å²) in [4.78, 5) is 22.3. The summed E-state index contributed by atoms with van der Waals surface area (Å²) in [6, 6.07) is 1.83. The molecule has 1 aliphatic heterocycles. The van der Waals surface area contributed by atoms with Crippen LogP contribution in [0, 0.1) is 17.0 Å². The minimum Gasteiger partial charge on any atom is -0.348 e. The van der Waals surface area contributed by atoms with Crippen LogP contribution < -0.4 is 15.8 Å². The molecule has 1 saturated heterocycles. The van der Waals surface area contributed by atoms with Crippen molar-refractivity contribution in [3.05, 3.63) is 33.4 Å². The number of sulfonamides is 1. The predicted octanol–water partition coefficient (Wildman–Crippen LogP) is 0.454. The molecule has 11 heteroatoms. The van der Waals surface area contributed by atoms with Gasteiger partial charge in [0.25, 0.3) is 11.6 Å². The number of halogens is 1. The molecule has 1 aromatic carbocycles. The molecule has 1 atom stereocenters. The standard InChI is InChI=1S/C13H18N4O5S.ClH/c1-8-11(13(18)16-9-3-2-4-15-7-9)5-10(23(14,21)22)6-12(8)17(19)20;/h5-6,9,15H,2-4,7H2,1H3,(H,16,18)(H2,14,21,22);1H/t9-;/m0./s1. The van der Waals surface area contributed by atoms with E-state index < -0.39 is 31.4 Å². The molecule has 0 bridgehead atoms. The van der Waals surface area contributed by atoms with Crippen molar-refractivity contribution < 1.29 is 18.1 Å². The highest BCUT2D eigenvalue weighted by Gasteiger charge is 2.25. The van der Waals surface area contributed by atoms with Crippen LogP contribution in [0.1, 0.15) is 28.8 Å². The molecule has 0 saturated carbocycles. The Bertz CT molecular complexity index is 747. The van der Waals surface area contributed by atoms with Crippen LogP contribution in [-0.2, 0) is 10.0 Å². The number of nitro groups is 1. The van der Waals surface area contributed by atoms with Crippen LogP contribution in [0.2, 0.25) is 0 Å². The van der Waals surface area contributed by atoms with Crippen molar-refractivity contribution in [2.45, 2.75) is 30.7 Å². The molecule has 1 aliphatic rings. The Morgan fingerprint density at radius 3 is 2.62 bits per heavy atom. The van der Waals surface area contributed by atoms with Crippen LogP contribution in [0.4, 0.5) is 5.69 Å². The quantitative estimate of drug-likeness (QED) is 0.512. The van der Waals surface area contributed by atoms with Crippen LogP contribution in [0.5, 0.6) is 0 Å². The Kier molecular flexibility index (Phi) is 6.67. The number of amides is 1. The zero-order chi connectivity index (χ0) is 17.2. The van der Waals surface area contributed by atoms with E-state index in [2.05, 4.69) is 10.6 Å². The van der Waals surface area contributed by atoms with Crippen molar-refractivity contribution in [1.82, 2.24) is 10.6 Å². The second kappa shape index (κ2) is 7.88. The normalized spacial score (nSPS) is 17.7. The van der Waals surface area contributed by atoms with E-state index in [9.17, 15) is 23.3 Å². The fourth-order valence-electron chi connectivity index (χ4n) is 2.50. The van der Waals surface area contributed by atoms with Gasteiger partial charge in [-0.3, -0.25) is 14.9 Å². The SMILES string of the molecule is Cc1c(C(=O)N[C@H]2CCCNC2)cc(S(N)(=O)=O)cc1[N+](=O)[O-].Cl. The Labute approximate surface area is 145 Å². The van der Waals surface area contributed by atoms with Crippen LogP contribution in [0.15, 0.2) is 17.0 Å². The summed E-state index contributed by atoms with van der Waals surface area (Å²) >= 11 is 0. The third-order valence-corrected chi connectivity index (χ3v) is 4.65. The zero-order valence-electron chi connectivity index (χ0n) is 12.9. The summed E-state index contributed by atoms with van der Waals surface area (Å²) in [6.07, 6.45) is 1.69. The molecule has 1 aromatic rings. The molecular formula is C13H19ClN4O5S. The topological polar surface area (TPSA) is 144 Å². The van der Waals surface area contributed by atoms with Crippen molar-refractivity contribution in [2.24, 2.45) is 5.14 Å². The van der Waals surface area contributed by atoms with Gasteiger partial charge in [0.2, 0.25) is 10.0 Å². The van der Waals surface area contributed by atoms with E-state index in [0.29, 0.717) is 6.54 Å². The van der Waals surface area contributed by atoms with E-state index in [1.54, 1.807) is 0 Å². The maximum absolute atomic E-state index is 12.4. The number of nitro benzene ring substituents is 1. The molecule has 0 radical (unpaired) electrons. The molecule has 1 fully saturated rings. The number of hydrogen-bond acceptors (Lipinski definition) is 6. The van der Waals surface area contributed by atoms with E-state index in [1.165, 1.54) is 6.92 Å². The number of carbonyl (C=O) groups excluding carboxylic acids is 1. The number of rotatable bonds is 4. The fourth-order valence-corrected chi connectivity index (χ4v) is 3.06. The van der Waals surface area contributed by atoms with Crippen LogP contribution >= 0.6 is 12.4 Å². The Hall–Kier alpha value is -1.75. The second-order valence-electron chi connectivity index (χ2n) is 5.43. The number of benzene rings is 1. The number of nitrogens with two attached hydrogens (primary N) is 1. The molecule has 1 heterocycles. The third kappa shape index (κ3) is 4.63. The van der Waals surface area contributed by atoms with Gasteiger partial charge in [-0.15, -0.1) is 12.4 Å². The van der Waals surface area contributed by atoms with Gasteiger partial charge in [0.1, 0.15) is 0 Å². The van der Waals surface area contributed by atoms with Gasteiger partial charge < -0.3 is 10.6 Å². The van der Waals surface area contributed by atoms with Gasteiger partial charge in [0, 0.05) is 24.2 Å². The van der Waals surface area contributed by atoms with Gasteiger partial charge >= 0.3 is 0 Å². The number of carbonyl (C=O) groups is 1. The van der Waals surface area contributed by atoms with Crippen molar-refractivity contribution in [1.29, 1.82) is 0 Å². The van der Waals surface area contributed by atoms with E-state index >= 15 is 0 Å². The smallest absolute Gasteiger partial charge is 0.274 e. The van der Waals surface area contributed by atoms with Crippen molar-refractivity contribution in [3.8, 4) is 0 Å². The van der Waals surface area contributed by atoms with Crippen LogP contribution in [0.3, 0.4) is 0 Å². The first kappa shape index (κ1) is 20.3. The first-order valence-electron chi connectivity index (χ1n) is 7.03. The first-order valence-corrected chi connectivity index (χ1v) is 8.58. The minimum absolute atomic E-state index is 0. The largest absolute Gasteiger partial charge is 0.348 e. The van der Waals surface area contributed by atoms with Gasteiger partial charge in [-0.05, 0) is 32.4 Å². The number of primary sulfonamides is 1. The van der Waals surface area contributed by atoms with E-state index in [4.69, 9.17) is 5.14 Å². The molecule has 0 aliphatic carbocycles. The van der Waals surface area contributed by atoms with E-state index in [1.807, 2.05) is 0 Å². The molecule has 9 nitrogen and oxygen atoms in total. The minimum atomic E-state index is -4.16. The van der Waals surface area contributed by atoms with E-state index in [-0.39, 0.29) is 29.6 Å². The highest BCUT2D eigenvalue weighted by Crippen LogP contribution is 2.26. The molecule has 0 spiro atoms. The molecule has 1 amide bonds. The van der Waals surface area contributed by atoms with Crippen LogP contribution in [-0.4, -0.2) is 38.4 Å². The molecule has 0 aromatic heterocycles. The number of hydrogen-bond donors (Lipinski definition) is 3. The summed E-state index contributed by atoms with van der Waals surface area (Å²) in [6.45, 7) is 2.87. The third-order valence-electron chi connectivity index (χ3n) is 3.76. The summed E-state index contributed by atoms with van der Waals surface area (Å²) in [5, 5.41) is 22.0. The van der Waals surface area contributed by atoms with Gasteiger partial charge in [0.05, 0.1) is 15.4 Å². The van der Waals surface area contributed by atoms with Crippen molar-refractivity contribution >= 4 is 34.0 Å². The van der Waals surface area contributed by atoms with Gasteiger partial charge in [-0.25, -0.2) is 13.6 Å². The average Bonchev–Trinajstić information content (AvgIpc) is 2.46. The predicted molar refractivity (Wildman–Crippen MR) is 89.8 cm³/mol. The summed E-state index contributed by atoms with van der Waals surface area (Å²) in [5.41, 5.74) is -0.416. The fraction of sp³-hybridized carbons (Fsp3) is 0.462. The molecule has 134 valence electrons. The average molecular weight is 379 g/mol. The van der Waals surface area contributed by atoms with Crippen LogP contribution in [0.25, 0.3) is 0 Å². The lowest BCUT2D eigenvalue weighted by Crippen LogP contribution is -2.45. The Morgan fingerprint density at radius 2 is 2.12 bits per heavy atom. The maximum atomic E-state index is 12.4. The van der Waals surface area contributed by atoms with Gasteiger partial charge in [-0.1, -0.05) is 0 Å². The number of nitrogens with zero attached hydrogens (tertiary/aromatic N) is 1. The molecule has 2 rings (SSSR count). The Morgan fingerprint density at radius 1 is 1.46 bits per heavy atom. The monoisotopic (exact) mass is 378 g/mol. The van der Waals surface area contributed by atoms with Crippen molar-refractivity contribution in [2.75, 3.05) is 13.1 Å².